The minimum atomic E-state index is -3.54. The molecule has 1 aliphatic heterocycles. The van der Waals surface area contributed by atoms with Crippen LogP contribution in [-0.4, -0.2) is 66.4 Å². The van der Waals surface area contributed by atoms with Crippen LogP contribution < -0.4 is 5.73 Å². The number of hydrogen-bond acceptors (Lipinski definition) is 5. The van der Waals surface area contributed by atoms with Gasteiger partial charge in [-0.15, -0.1) is 0 Å². The van der Waals surface area contributed by atoms with Gasteiger partial charge in [0.25, 0.3) is 10.0 Å². The smallest absolute Gasteiger partial charge is 0.262 e. The molecule has 0 saturated carbocycles. The fourth-order valence-electron chi connectivity index (χ4n) is 2.27. The number of nitrogens with zero attached hydrogens (tertiary/aromatic N) is 4. The predicted octanol–water partition coefficient (Wildman–Crippen LogP) is -0.834. The molecule has 0 spiro atoms. The highest BCUT2D eigenvalue weighted by atomic mass is 32.2. The first-order valence-electron chi connectivity index (χ1n) is 6.41. The Labute approximate surface area is 114 Å². The van der Waals surface area contributed by atoms with E-state index in [0.29, 0.717) is 32.7 Å². The van der Waals surface area contributed by atoms with Gasteiger partial charge in [-0.05, 0) is 14.0 Å². The molecule has 1 atom stereocenters. The quantitative estimate of drug-likeness (QED) is 0.781. The molecule has 2 N–H and O–H groups in total. The SMILES string of the molecule is CCn1cnc(S(=O)(=O)N2CCN(C)CC2CN)c1. The second-order valence-electron chi connectivity index (χ2n) is 4.81. The Hall–Kier alpha value is -0.960. The van der Waals surface area contributed by atoms with Gasteiger partial charge in [0.1, 0.15) is 0 Å². The van der Waals surface area contributed by atoms with Crippen molar-refractivity contribution in [2.24, 2.45) is 5.73 Å². The van der Waals surface area contributed by atoms with E-state index in [1.54, 1.807) is 17.1 Å². The molecule has 0 aromatic carbocycles. The minimum absolute atomic E-state index is 0.109. The van der Waals surface area contributed by atoms with Crippen LogP contribution in [0.2, 0.25) is 0 Å². The lowest BCUT2D eigenvalue weighted by Gasteiger charge is -2.37. The summed E-state index contributed by atoms with van der Waals surface area (Å²) in [7, 11) is -1.57. The average molecular weight is 287 g/mol. The monoisotopic (exact) mass is 287 g/mol. The number of aromatic nitrogens is 2. The summed E-state index contributed by atoms with van der Waals surface area (Å²) >= 11 is 0. The summed E-state index contributed by atoms with van der Waals surface area (Å²) < 4.78 is 28.4. The third-order valence-corrected chi connectivity index (χ3v) is 5.29. The molecule has 1 fully saturated rings. The van der Waals surface area contributed by atoms with Crippen molar-refractivity contribution in [3.63, 3.8) is 0 Å². The van der Waals surface area contributed by atoms with Gasteiger partial charge in [0.15, 0.2) is 5.03 Å². The van der Waals surface area contributed by atoms with E-state index in [1.807, 2.05) is 14.0 Å². The van der Waals surface area contributed by atoms with E-state index in [9.17, 15) is 8.42 Å². The van der Waals surface area contributed by atoms with Crippen LogP contribution in [0.15, 0.2) is 17.6 Å². The second kappa shape index (κ2) is 5.58. The maximum absolute atomic E-state index is 12.6. The van der Waals surface area contributed by atoms with Crippen molar-refractivity contribution in [3.8, 4) is 0 Å². The number of sulfonamides is 1. The van der Waals surface area contributed by atoms with Crippen molar-refractivity contribution in [1.82, 2.24) is 18.8 Å². The Morgan fingerprint density at radius 2 is 2.21 bits per heavy atom. The van der Waals surface area contributed by atoms with Crippen LogP contribution in [0, 0.1) is 0 Å². The van der Waals surface area contributed by atoms with Crippen molar-refractivity contribution < 1.29 is 8.42 Å². The highest BCUT2D eigenvalue weighted by Crippen LogP contribution is 2.19. The summed E-state index contributed by atoms with van der Waals surface area (Å²) in [5.74, 6) is 0. The van der Waals surface area contributed by atoms with Crippen LogP contribution in [0.3, 0.4) is 0 Å². The zero-order chi connectivity index (χ0) is 14.0. The van der Waals surface area contributed by atoms with Crippen molar-refractivity contribution in [1.29, 1.82) is 0 Å². The van der Waals surface area contributed by atoms with Gasteiger partial charge in [0.05, 0.1) is 12.4 Å². The largest absolute Gasteiger partial charge is 0.336 e. The van der Waals surface area contributed by atoms with Gasteiger partial charge in [-0.3, -0.25) is 0 Å². The molecule has 2 heterocycles. The third-order valence-electron chi connectivity index (χ3n) is 3.45. The van der Waals surface area contributed by atoms with Crippen LogP contribution in [0.5, 0.6) is 0 Å². The number of hydrogen-bond donors (Lipinski definition) is 1. The standard InChI is InChI=1S/C11H21N5O2S/c1-3-15-8-11(13-9-15)19(17,18)16-5-4-14(2)7-10(16)6-12/h8-10H,3-7,12H2,1-2H3. The highest BCUT2D eigenvalue weighted by molar-refractivity contribution is 7.89. The predicted molar refractivity (Wildman–Crippen MR) is 72.1 cm³/mol. The molecule has 1 unspecified atom stereocenters. The van der Waals surface area contributed by atoms with Gasteiger partial charge in [-0.2, -0.15) is 4.31 Å². The summed E-state index contributed by atoms with van der Waals surface area (Å²) in [5.41, 5.74) is 5.70. The summed E-state index contributed by atoms with van der Waals surface area (Å²) in [5, 5.41) is 0.109. The number of rotatable bonds is 4. The van der Waals surface area contributed by atoms with Gasteiger partial charge >= 0.3 is 0 Å². The number of aryl methyl sites for hydroxylation is 1. The van der Waals surface area contributed by atoms with E-state index in [0.717, 1.165) is 0 Å². The molecule has 1 saturated heterocycles. The first-order valence-corrected chi connectivity index (χ1v) is 7.85. The molecular weight excluding hydrogens is 266 g/mol. The molecule has 0 aliphatic carbocycles. The van der Waals surface area contributed by atoms with Crippen LogP contribution in [0.4, 0.5) is 0 Å². The van der Waals surface area contributed by atoms with Crippen LogP contribution in [0.1, 0.15) is 6.92 Å². The molecule has 19 heavy (non-hydrogen) atoms. The fraction of sp³-hybridized carbons (Fsp3) is 0.727. The van der Waals surface area contributed by atoms with Crippen molar-refractivity contribution in [2.75, 3.05) is 33.2 Å². The molecule has 7 nitrogen and oxygen atoms in total. The molecule has 8 heteroatoms. The van der Waals surface area contributed by atoms with Gasteiger partial charge < -0.3 is 15.2 Å². The molecule has 1 aromatic rings. The maximum Gasteiger partial charge on any atom is 0.262 e. The maximum atomic E-state index is 12.6. The lowest BCUT2D eigenvalue weighted by Crippen LogP contribution is -2.56. The zero-order valence-electron chi connectivity index (χ0n) is 11.4. The molecular formula is C11H21N5O2S. The van der Waals surface area contributed by atoms with E-state index in [4.69, 9.17) is 5.73 Å². The third kappa shape index (κ3) is 2.81. The van der Waals surface area contributed by atoms with E-state index >= 15 is 0 Å². The van der Waals surface area contributed by atoms with Gasteiger partial charge in [-0.25, -0.2) is 13.4 Å². The lowest BCUT2D eigenvalue weighted by molar-refractivity contribution is 0.163. The average Bonchev–Trinajstić information content (AvgIpc) is 2.87. The second-order valence-corrected chi connectivity index (χ2v) is 6.65. The topological polar surface area (TPSA) is 84.5 Å². The van der Waals surface area contributed by atoms with E-state index in [1.165, 1.54) is 4.31 Å². The Bertz CT molecular complexity index is 527. The van der Waals surface area contributed by atoms with Crippen molar-refractivity contribution >= 4 is 10.0 Å². The highest BCUT2D eigenvalue weighted by Gasteiger charge is 2.35. The molecule has 2 rings (SSSR count). The van der Waals surface area contributed by atoms with Gasteiger partial charge in [-0.1, -0.05) is 0 Å². The first kappa shape index (κ1) is 14.4. The summed E-state index contributed by atoms with van der Waals surface area (Å²) in [6.45, 7) is 4.79. The molecule has 0 amide bonds. The van der Waals surface area contributed by atoms with E-state index in [-0.39, 0.29) is 11.1 Å². The summed E-state index contributed by atoms with van der Waals surface area (Å²) in [6, 6.07) is -0.185. The van der Waals surface area contributed by atoms with Gasteiger partial charge in [0, 0.05) is 38.9 Å². The van der Waals surface area contributed by atoms with Crippen LogP contribution >= 0.6 is 0 Å². The Morgan fingerprint density at radius 1 is 1.47 bits per heavy atom. The number of likely N-dealkylation sites (N-methyl/N-ethyl adjacent to an activating group) is 1. The van der Waals surface area contributed by atoms with Crippen LogP contribution in [0.25, 0.3) is 0 Å². The van der Waals surface area contributed by atoms with Crippen LogP contribution in [-0.2, 0) is 16.6 Å². The number of piperazine rings is 1. The fourth-order valence-corrected chi connectivity index (χ4v) is 3.82. The Morgan fingerprint density at radius 3 is 2.79 bits per heavy atom. The normalized spacial score (nSPS) is 22.8. The lowest BCUT2D eigenvalue weighted by atomic mass is 10.2. The summed E-state index contributed by atoms with van der Waals surface area (Å²) in [6.07, 6.45) is 3.11. The van der Waals surface area contributed by atoms with Crippen molar-refractivity contribution in [2.45, 2.75) is 24.5 Å². The number of nitrogens with two attached hydrogens (primary N) is 1. The number of imidazole rings is 1. The molecule has 0 bridgehead atoms. The Kier molecular flexibility index (Phi) is 4.24. The minimum Gasteiger partial charge on any atom is -0.336 e. The van der Waals surface area contributed by atoms with E-state index in [2.05, 4.69) is 9.88 Å². The molecule has 0 radical (unpaired) electrons. The molecule has 108 valence electrons. The summed E-state index contributed by atoms with van der Waals surface area (Å²) in [4.78, 5) is 6.09. The zero-order valence-corrected chi connectivity index (χ0v) is 12.2. The Balaban J connectivity index is 2.27. The van der Waals surface area contributed by atoms with E-state index < -0.39 is 10.0 Å². The molecule has 1 aromatic heterocycles. The van der Waals surface area contributed by atoms with Crippen molar-refractivity contribution in [3.05, 3.63) is 12.5 Å². The first-order chi connectivity index (χ1) is 8.98. The molecule has 1 aliphatic rings. The van der Waals surface area contributed by atoms with Gasteiger partial charge in [0.2, 0.25) is 0 Å².